The Morgan fingerprint density at radius 3 is 2.90 bits per heavy atom. The van der Waals surface area contributed by atoms with Crippen LogP contribution in [0.1, 0.15) is 26.2 Å². The summed E-state index contributed by atoms with van der Waals surface area (Å²) in [5.41, 5.74) is 0. The maximum Gasteiger partial charge on any atom is 0.318 e. The minimum atomic E-state index is -0.802. The Kier molecular flexibility index (Phi) is 5.39. The molecule has 114 valence electrons. The molecule has 0 aliphatic carbocycles. The van der Waals surface area contributed by atoms with Gasteiger partial charge in [0.05, 0.1) is 0 Å². The van der Waals surface area contributed by atoms with E-state index in [1.165, 1.54) is 0 Å². The van der Waals surface area contributed by atoms with Crippen LogP contribution in [0.3, 0.4) is 0 Å². The van der Waals surface area contributed by atoms with E-state index in [0.717, 1.165) is 32.4 Å². The Bertz CT molecular complexity index is 402. The van der Waals surface area contributed by atoms with Crippen molar-refractivity contribution in [1.29, 1.82) is 0 Å². The summed E-state index contributed by atoms with van der Waals surface area (Å²) in [6.45, 7) is 4.29. The number of hydrogen-bond acceptors (Lipinski definition) is 3. The van der Waals surface area contributed by atoms with Crippen LogP contribution in [0.2, 0.25) is 0 Å². The van der Waals surface area contributed by atoms with E-state index in [4.69, 9.17) is 0 Å². The second kappa shape index (κ2) is 7.06. The molecule has 7 heteroatoms. The SMILES string of the molecule is CCCN1CCCN(C(=O)N[C@@H]2CC[S@](=O)C2)CC1=O. The standard InChI is InChI=1S/C13H23N3O3S/c1-2-5-15-6-3-7-16(9-12(15)17)13(18)14-11-4-8-20(19)10-11/h11H,2-10H2,1H3,(H,14,18)/t11-,20+/m1/s1. The van der Waals surface area contributed by atoms with Gasteiger partial charge in [-0.15, -0.1) is 0 Å². The molecular formula is C13H23N3O3S. The maximum atomic E-state index is 12.2. The molecule has 0 bridgehead atoms. The minimum absolute atomic E-state index is 0.00608. The molecular weight excluding hydrogens is 278 g/mol. The van der Waals surface area contributed by atoms with Gasteiger partial charge in [0.1, 0.15) is 6.54 Å². The van der Waals surface area contributed by atoms with Gasteiger partial charge in [-0.25, -0.2) is 4.79 Å². The Hall–Kier alpha value is -1.11. The number of hydrogen-bond donors (Lipinski definition) is 1. The fraction of sp³-hybridized carbons (Fsp3) is 0.846. The summed E-state index contributed by atoms with van der Waals surface area (Å²) >= 11 is 0. The van der Waals surface area contributed by atoms with E-state index in [1.54, 1.807) is 4.90 Å². The highest BCUT2D eigenvalue weighted by molar-refractivity contribution is 7.85. The summed E-state index contributed by atoms with van der Waals surface area (Å²) in [6.07, 6.45) is 2.52. The molecule has 1 N–H and O–H groups in total. The normalized spacial score (nSPS) is 27.6. The lowest BCUT2D eigenvalue weighted by atomic mass is 10.3. The lowest BCUT2D eigenvalue weighted by Gasteiger charge is -2.23. The summed E-state index contributed by atoms with van der Waals surface area (Å²) < 4.78 is 11.3. The molecule has 20 heavy (non-hydrogen) atoms. The Labute approximate surface area is 122 Å². The zero-order valence-electron chi connectivity index (χ0n) is 12.0. The average molecular weight is 301 g/mol. The summed E-state index contributed by atoms with van der Waals surface area (Å²) in [6, 6.07) is -0.200. The van der Waals surface area contributed by atoms with Gasteiger partial charge in [0.25, 0.3) is 0 Å². The van der Waals surface area contributed by atoms with Crippen LogP contribution in [-0.4, -0.2) is 69.7 Å². The van der Waals surface area contributed by atoms with Crippen molar-refractivity contribution in [2.24, 2.45) is 0 Å². The van der Waals surface area contributed by atoms with Gasteiger partial charge in [-0.05, 0) is 19.3 Å². The van der Waals surface area contributed by atoms with Gasteiger partial charge >= 0.3 is 6.03 Å². The van der Waals surface area contributed by atoms with E-state index in [-0.39, 0.29) is 24.5 Å². The smallest absolute Gasteiger partial charge is 0.318 e. The summed E-state index contributed by atoms with van der Waals surface area (Å²) in [5, 5.41) is 2.90. The molecule has 6 nitrogen and oxygen atoms in total. The molecule has 3 amide bonds. The van der Waals surface area contributed by atoms with Crippen LogP contribution < -0.4 is 5.32 Å². The number of urea groups is 1. The zero-order chi connectivity index (χ0) is 14.5. The molecule has 2 fully saturated rings. The molecule has 2 aliphatic heterocycles. The van der Waals surface area contributed by atoms with Gasteiger partial charge in [-0.3, -0.25) is 9.00 Å². The van der Waals surface area contributed by atoms with Gasteiger partial charge in [-0.1, -0.05) is 6.92 Å². The number of carbonyl (C=O) groups is 2. The third kappa shape index (κ3) is 3.94. The van der Waals surface area contributed by atoms with Crippen molar-refractivity contribution in [2.75, 3.05) is 37.7 Å². The van der Waals surface area contributed by atoms with E-state index in [9.17, 15) is 13.8 Å². The van der Waals surface area contributed by atoms with Crippen molar-refractivity contribution in [3.05, 3.63) is 0 Å². The van der Waals surface area contributed by atoms with E-state index < -0.39 is 10.8 Å². The van der Waals surface area contributed by atoms with Crippen molar-refractivity contribution in [2.45, 2.75) is 32.2 Å². The van der Waals surface area contributed by atoms with Crippen LogP contribution in [0.5, 0.6) is 0 Å². The largest absolute Gasteiger partial charge is 0.341 e. The molecule has 0 unspecified atom stereocenters. The van der Waals surface area contributed by atoms with Crippen LogP contribution in [0.4, 0.5) is 4.79 Å². The molecule has 0 aromatic rings. The van der Waals surface area contributed by atoms with E-state index in [1.807, 2.05) is 11.8 Å². The first-order valence-corrected chi connectivity index (χ1v) is 8.77. The molecule has 2 atom stereocenters. The summed E-state index contributed by atoms with van der Waals surface area (Å²) in [5.74, 6) is 1.22. The number of rotatable bonds is 3. The lowest BCUT2D eigenvalue weighted by Crippen LogP contribution is -2.47. The first-order valence-electron chi connectivity index (χ1n) is 7.28. The maximum absolute atomic E-state index is 12.2. The fourth-order valence-electron chi connectivity index (χ4n) is 2.64. The van der Waals surface area contributed by atoms with E-state index >= 15 is 0 Å². The number of amides is 3. The Morgan fingerprint density at radius 1 is 1.45 bits per heavy atom. The number of nitrogens with one attached hydrogen (secondary N) is 1. The van der Waals surface area contributed by atoms with Gasteiger partial charge < -0.3 is 15.1 Å². The van der Waals surface area contributed by atoms with Gasteiger partial charge in [0, 0.05) is 48.0 Å². The predicted octanol–water partition coefficient (Wildman–Crippen LogP) is 0.161. The van der Waals surface area contributed by atoms with Crippen molar-refractivity contribution >= 4 is 22.7 Å². The monoisotopic (exact) mass is 301 g/mol. The predicted molar refractivity (Wildman–Crippen MR) is 77.9 cm³/mol. The van der Waals surface area contributed by atoms with Crippen LogP contribution in [0.15, 0.2) is 0 Å². The molecule has 2 rings (SSSR count). The molecule has 0 aromatic carbocycles. The third-order valence-corrected chi connectivity index (χ3v) is 5.19. The Balaban J connectivity index is 1.87. The molecule has 0 radical (unpaired) electrons. The van der Waals surface area contributed by atoms with Crippen molar-refractivity contribution < 1.29 is 13.8 Å². The highest BCUT2D eigenvalue weighted by atomic mass is 32.2. The summed E-state index contributed by atoms with van der Waals surface area (Å²) in [7, 11) is -0.802. The fourth-order valence-corrected chi connectivity index (χ4v) is 4.06. The van der Waals surface area contributed by atoms with Crippen LogP contribution in [-0.2, 0) is 15.6 Å². The topological polar surface area (TPSA) is 69.7 Å². The van der Waals surface area contributed by atoms with Crippen molar-refractivity contribution in [3.63, 3.8) is 0 Å². The highest BCUT2D eigenvalue weighted by Gasteiger charge is 2.28. The molecule has 2 heterocycles. The number of nitrogens with zero attached hydrogens (tertiary/aromatic N) is 2. The average Bonchev–Trinajstić information content (AvgIpc) is 2.71. The second-order valence-electron chi connectivity index (χ2n) is 5.40. The van der Waals surface area contributed by atoms with Gasteiger partial charge in [-0.2, -0.15) is 0 Å². The van der Waals surface area contributed by atoms with Gasteiger partial charge in [0.2, 0.25) is 5.91 Å². The van der Waals surface area contributed by atoms with Crippen LogP contribution >= 0.6 is 0 Å². The minimum Gasteiger partial charge on any atom is -0.341 e. The molecule has 2 saturated heterocycles. The number of carbonyl (C=O) groups excluding carboxylic acids is 2. The molecule has 0 aromatic heterocycles. The van der Waals surface area contributed by atoms with Crippen molar-refractivity contribution in [3.8, 4) is 0 Å². The van der Waals surface area contributed by atoms with Crippen LogP contribution in [0, 0.1) is 0 Å². The molecule has 0 saturated carbocycles. The highest BCUT2D eigenvalue weighted by Crippen LogP contribution is 2.10. The van der Waals surface area contributed by atoms with Crippen molar-refractivity contribution in [1.82, 2.24) is 15.1 Å². The second-order valence-corrected chi connectivity index (χ2v) is 7.02. The molecule has 2 aliphatic rings. The summed E-state index contributed by atoms with van der Waals surface area (Å²) in [4.78, 5) is 27.6. The van der Waals surface area contributed by atoms with E-state index in [2.05, 4.69) is 5.32 Å². The lowest BCUT2D eigenvalue weighted by molar-refractivity contribution is -0.130. The quantitative estimate of drug-likeness (QED) is 0.807. The van der Waals surface area contributed by atoms with E-state index in [0.29, 0.717) is 18.1 Å². The first kappa shape index (κ1) is 15.3. The van der Waals surface area contributed by atoms with Gasteiger partial charge in [0.15, 0.2) is 0 Å². The molecule has 0 spiro atoms. The van der Waals surface area contributed by atoms with Crippen LogP contribution in [0.25, 0.3) is 0 Å². The first-order chi connectivity index (χ1) is 9.60. The zero-order valence-corrected chi connectivity index (χ0v) is 12.8. The Morgan fingerprint density at radius 2 is 2.25 bits per heavy atom. The third-order valence-electron chi connectivity index (χ3n) is 3.72.